The Hall–Kier alpha value is 0.690. The Morgan fingerprint density at radius 1 is 0.846 bits per heavy atom. The van der Waals surface area contributed by atoms with Gasteiger partial charge in [-0.2, -0.15) is 0 Å². The van der Waals surface area contributed by atoms with Crippen molar-refractivity contribution in [1.82, 2.24) is 3.53 Å². The van der Waals surface area contributed by atoms with E-state index in [1.54, 1.807) is 0 Å². The lowest BCUT2D eigenvalue weighted by molar-refractivity contribution is 0.0529. The lowest BCUT2D eigenvalue weighted by atomic mass is 9.59. The van der Waals surface area contributed by atoms with Crippen LogP contribution in [0.2, 0.25) is 0 Å². The molecule has 2 heteroatoms. The third-order valence-electron chi connectivity index (χ3n) is 2.92. The summed E-state index contributed by atoms with van der Waals surface area (Å²) in [4.78, 5) is 0. The molecule has 0 unspecified atom stereocenters. The minimum atomic E-state index is 0.325. The maximum Gasteiger partial charge on any atom is 0.0256 e. The van der Waals surface area contributed by atoms with Crippen molar-refractivity contribution >= 4 is 22.9 Å². The molecule has 1 aliphatic rings. The van der Waals surface area contributed by atoms with Gasteiger partial charge in [-0.05, 0) is 37.0 Å². The number of halogens is 1. The van der Waals surface area contributed by atoms with E-state index in [-0.39, 0.29) is 0 Å². The fraction of sp³-hybridized carbons (Fsp3) is 1.00. The Labute approximate surface area is 96.6 Å². The molecule has 1 aliphatic carbocycles. The maximum atomic E-state index is 3.46. The van der Waals surface area contributed by atoms with Crippen LogP contribution in [-0.4, -0.2) is 5.54 Å². The molecule has 0 spiro atoms. The molecular formula is C11H22IN. The molecule has 1 nitrogen and oxygen atoms in total. The summed E-state index contributed by atoms with van der Waals surface area (Å²) in [6, 6.07) is 0. The summed E-state index contributed by atoms with van der Waals surface area (Å²) in [5, 5.41) is 0. The number of rotatable bonds is 1. The predicted molar refractivity (Wildman–Crippen MR) is 67.0 cm³/mol. The van der Waals surface area contributed by atoms with Crippen molar-refractivity contribution in [3.63, 3.8) is 0 Å². The summed E-state index contributed by atoms with van der Waals surface area (Å²) >= 11 is 2.31. The second-order valence-electron chi connectivity index (χ2n) is 6.51. The van der Waals surface area contributed by atoms with Crippen LogP contribution in [0.15, 0.2) is 0 Å². The van der Waals surface area contributed by atoms with Crippen LogP contribution in [0, 0.1) is 10.8 Å². The first-order chi connectivity index (χ1) is 5.68. The molecule has 13 heavy (non-hydrogen) atoms. The molecular weight excluding hydrogens is 273 g/mol. The average molecular weight is 295 g/mol. The fourth-order valence-electron chi connectivity index (χ4n) is 3.66. The third-order valence-corrected chi connectivity index (χ3v) is 4.22. The van der Waals surface area contributed by atoms with Crippen LogP contribution in [0.5, 0.6) is 0 Å². The van der Waals surface area contributed by atoms with Crippen molar-refractivity contribution in [3.8, 4) is 0 Å². The molecule has 1 N–H and O–H groups in total. The van der Waals surface area contributed by atoms with Crippen LogP contribution < -0.4 is 3.53 Å². The van der Waals surface area contributed by atoms with Gasteiger partial charge in [-0.15, -0.1) is 0 Å². The highest BCUT2D eigenvalue weighted by molar-refractivity contribution is 14.1. The Kier molecular flexibility index (Phi) is 3.05. The van der Waals surface area contributed by atoms with Gasteiger partial charge in [0.1, 0.15) is 0 Å². The zero-order valence-corrected chi connectivity index (χ0v) is 11.7. The summed E-state index contributed by atoms with van der Waals surface area (Å²) < 4.78 is 3.46. The highest BCUT2D eigenvalue weighted by Gasteiger charge is 2.44. The van der Waals surface area contributed by atoms with E-state index < -0.39 is 0 Å². The first-order valence-corrected chi connectivity index (χ1v) is 6.14. The van der Waals surface area contributed by atoms with Gasteiger partial charge in [0.15, 0.2) is 0 Å². The zero-order chi connectivity index (χ0) is 10.3. The molecule has 0 radical (unpaired) electrons. The lowest BCUT2D eigenvalue weighted by Crippen LogP contribution is -2.49. The van der Waals surface area contributed by atoms with E-state index in [4.69, 9.17) is 0 Å². The molecule has 1 fully saturated rings. The summed E-state index contributed by atoms with van der Waals surface area (Å²) in [6.07, 6.45) is 3.91. The normalized spacial score (nSPS) is 30.0. The van der Waals surface area contributed by atoms with E-state index in [0.717, 1.165) is 0 Å². The Morgan fingerprint density at radius 3 is 1.54 bits per heavy atom. The van der Waals surface area contributed by atoms with Crippen LogP contribution in [0.3, 0.4) is 0 Å². The van der Waals surface area contributed by atoms with Gasteiger partial charge in [0.05, 0.1) is 0 Å². The molecule has 0 aliphatic heterocycles. The fourth-order valence-corrected chi connectivity index (χ4v) is 4.04. The van der Waals surface area contributed by atoms with E-state index in [0.29, 0.717) is 16.4 Å². The van der Waals surface area contributed by atoms with Crippen molar-refractivity contribution in [2.45, 2.75) is 59.4 Å². The molecule has 0 bridgehead atoms. The Morgan fingerprint density at radius 2 is 1.23 bits per heavy atom. The van der Waals surface area contributed by atoms with Gasteiger partial charge in [-0.25, -0.2) is 0 Å². The maximum absolute atomic E-state index is 3.46. The molecule has 0 atom stereocenters. The smallest absolute Gasteiger partial charge is 0.0256 e. The highest BCUT2D eigenvalue weighted by atomic mass is 127. The largest absolute Gasteiger partial charge is 0.255 e. The van der Waals surface area contributed by atoms with Gasteiger partial charge in [0.25, 0.3) is 0 Å². The molecule has 1 rings (SSSR count). The number of nitrogens with one attached hydrogen (secondary N) is 1. The van der Waals surface area contributed by atoms with Gasteiger partial charge in [-0.3, -0.25) is 3.53 Å². The molecule has 0 aromatic heterocycles. The summed E-state index contributed by atoms with van der Waals surface area (Å²) in [6.45, 7) is 11.9. The van der Waals surface area contributed by atoms with Crippen LogP contribution in [0.4, 0.5) is 0 Å². The minimum absolute atomic E-state index is 0.325. The quantitative estimate of drug-likeness (QED) is 0.571. The van der Waals surface area contributed by atoms with Crippen molar-refractivity contribution in [3.05, 3.63) is 0 Å². The molecule has 0 saturated heterocycles. The first-order valence-electron chi connectivity index (χ1n) is 5.06. The molecule has 0 amide bonds. The Balaban J connectivity index is 2.84. The second-order valence-corrected chi connectivity index (χ2v) is 7.05. The van der Waals surface area contributed by atoms with Gasteiger partial charge >= 0.3 is 0 Å². The highest BCUT2D eigenvalue weighted by Crippen LogP contribution is 2.50. The summed E-state index contributed by atoms with van der Waals surface area (Å²) in [5.74, 6) is 0. The second kappa shape index (κ2) is 3.37. The van der Waals surface area contributed by atoms with Gasteiger partial charge in [-0.1, -0.05) is 27.7 Å². The summed E-state index contributed by atoms with van der Waals surface area (Å²) in [5.41, 5.74) is 1.29. The first kappa shape index (κ1) is 11.8. The van der Waals surface area contributed by atoms with Crippen molar-refractivity contribution in [2.24, 2.45) is 10.8 Å². The monoisotopic (exact) mass is 295 g/mol. The van der Waals surface area contributed by atoms with Gasteiger partial charge < -0.3 is 0 Å². The van der Waals surface area contributed by atoms with Crippen molar-refractivity contribution in [1.29, 1.82) is 0 Å². The van der Waals surface area contributed by atoms with Crippen LogP contribution >= 0.6 is 22.9 Å². The standard InChI is InChI=1S/C11H22IN/c1-9(2)6-10(3,4)8-11(5,7-9)13-12/h13H,6-8H2,1-5H3. The number of hydrogen-bond acceptors (Lipinski definition) is 1. The SMILES string of the molecule is CC1(C)CC(C)(C)CC(C)(NI)C1. The van der Waals surface area contributed by atoms with Crippen molar-refractivity contribution < 1.29 is 0 Å². The molecule has 1 saturated carbocycles. The van der Waals surface area contributed by atoms with Crippen LogP contribution in [0.25, 0.3) is 0 Å². The molecule has 0 aromatic rings. The zero-order valence-electron chi connectivity index (χ0n) is 9.50. The molecule has 78 valence electrons. The van der Waals surface area contributed by atoms with E-state index in [1.165, 1.54) is 19.3 Å². The number of hydrogen-bond donors (Lipinski definition) is 1. The van der Waals surface area contributed by atoms with Crippen molar-refractivity contribution in [2.75, 3.05) is 0 Å². The topological polar surface area (TPSA) is 12.0 Å². The van der Waals surface area contributed by atoms with Gasteiger partial charge in [0, 0.05) is 28.4 Å². The van der Waals surface area contributed by atoms with Gasteiger partial charge in [0.2, 0.25) is 0 Å². The van der Waals surface area contributed by atoms with Crippen LogP contribution in [0.1, 0.15) is 53.9 Å². The van der Waals surface area contributed by atoms with Crippen LogP contribution in [-0.2, 0) is 0 Å². The molecule has 0 heterocycles. The Bertz CT molecular complexity index is 180. The van der Waals surface area contributed by atoms with E-state index in [9.17, 15) is 0 Å². The average Bonchev–Trinajstić information content (AvgIpc) is 1.79. The molecule has 0 aromatic carbocycles. The predicted octanol–water partition coefficient (Wildman–Crippen LogP) is 3.92. The van der Waals surface area contributed by atoms with E-state index in [1.807, 2.05) is 0 Å². The van der Waals surface area contributed by atoms with E-state index >= 15 is 0 Å². The lowest BCUT2D eigenvalue weighted by Gasteiger charge is -2.50. The minimum Gasteiger partial charge on any atom is -0.255 e. The van der Waals surface area contributed by atoms with E-state index in [2.05, 4.69) is 61.0 Å². The summed E-state index contributed by atoms with van der Waals surface area (Å²) in [7, 11) is 0. The third kappa shape index (κ3) is 3.08.